The van der Waals surface area contributed by atoms with Gasteiger partial charge in [0.05, 0.1) is 12.7 Å². The van der Waals surface area contributed by atoms with Crippen LogP contribution in [0.25, 0.3) is 0 Å². The van der Waals surface area contributed by atoms with Gasteiger partial charge in [0.2, 0.25) is 5.91 Å². The van der Waals surface area contributed by atoms with Crippen molar-refractivity contribution in [3.05, 3.63) is 29.8 Å². The second-order valence-electron chi connectivity index (χ2n) is 6.08. The molecule has 0 saturated carbocycles. The van der Waals surface area contributed by atoms with Crippen LogP contribution in [-0.2, 0) is 9.53 Å². The highest BCUT2D eigenvalue weighted by Crippen LogP contribution is 2.11. The van der Waals surface area contributed by atoms with Crippen LogP contribution < -0.4 is 10.6 Å². The van der Waals surface area contributed by atoms with Gasteiger partial charge in [0.1, 0.15) is 0 Å². The Bertz CT molecular complexity index is 532. The van der Waals surface area contributed by atoms with Crippen LogP contribution >= 0.6 is 0 Å². The van der Waals surface area contributed by atoms with Crippen LogP contribution in [0.5, 0.6) is 0 Å². The molecule has 0 saturated heterocycles. The molecule has 0 aromatic heterocycles. The van der Waals surface area contributed by atoms with Gasteiger partial charge in [-0.25, -0.2) is 0 Å². The summed E-state index contributed by atoms with van der Waals surface area (Å²) in [5.74, 6) is -0.161. The van der Waals surface area contributed by atoms with E-state index in [9.17, 15) is 14.7 Å². The number of amides is 1. The highest BCUT2D eigenvalue weighted by molar-refractivity contribution is 5.97. The van der Waals surface area contributed by atoms with Crippen LogP contribution in [0.1, 0.15) is 44.0 Å². The molecule has 1 amide bonds. The van der Waals surface area contributed by atoms with Gasteiger partial charge in [-0.1, -0.05) is 26.0 Å². The molecule has 0 radical (unpaired) electrons. The zero-order valence-electron chi connectivity index (χ0n) is 14.7. The Hall–Kier alpha value is -1.76. The molecule has 6 nitrogen and oxygen atoms in total. The first-order valence-electron chi connectivity index (χ1n) is 8.28. The van der Waals surface area contributed by atoms with E-state index in [1.54, 1.807) is 24.3 Å². The van der Waals surface area contributed by atoms with Gasteiger partial charge in [0.15, 0.2) is 5.78 Å². The molecule has 0 heterocycles. The lowest BCUT2D eigenvalue weighted by Gasteiger charge is -2.14. The molecule has 1 atom stereocenters. The van der Waals surface area contributed by atoms with E-state index < -0.39 is 6.10 Å². The Morgan fingerprint density at radius 3 is 2.71 bits per heavy atom. The average molecular weight is 336 g/mol. The molecule has 0 aliphatic rings. The molecule has 0 spiro atoms. The first-order valence-corrected chi connectivity index (χ1v) is 8.28. The van der Waals surface area contributed by atoms with Crippen LogP contribution in [-0.4, -0.2) is 48.7 Å². The SMILES string of the molecule is CC(=O)c1cccc(NC(=O)CCCOCC(O)CNC(C)C)c1. The standard InChI is InChI=1S/C18H28N2O4/c1-13(2)19-11-17(22)12-24-9-5-8-18(23)20-16-7-4-6-15(10-16)14(3)21/h4,6-7,10,13,17,19,22H,5,8-9,11-12H2,1-3H3,(H,20,23). The molecule has 1 aromatic carbocycles. The molecule has 0 aliphatic heterocycles. The maximum Gasteiger partial charge on any atom is 0.224 e. The van der Waals surface area contributed by atoms with Gasteiger partial charge in [0.25, 0.3) is 0 Å². The van der Waals surface area contributed by atoms with Crippen molar-refractivity contribution in [3.63, 3.8) is 0 Å². The lowest BCUT2D eigenvalue weighted by atomic mass is 10.1. The monoisotopic (exact) mass is 336 g/mol. The summed E-state index contributed by atoms with van der Waals surface area (Å²) in [6.07, 6.45) is 0.350. The Labute approximate surface area is 143 Å². The van der Waals surface area contributed by atoms with Crippen molar-refractivity contribution in [3.8, 4) is 0 Å². The number of ketones is 1. The van der Waals surface area contributed by atoms with Crippen molar-refractivity contribution in [2.75, 3.05) is 25.1 Å². The molecule has 0 fully saturated rings. The summed E-state index contributed by atoms with van der Waals surface area (Å²) in [5, 5.41) is 15.6. The number of rotatable bonds is 11. The summed E-state index contributed by atoms with van der Waals surface area (Å²) < 4.78 is 5.36. The molecular weight excluding hydrogens is 308 g/mol. The number of carbonyl (C=O) groups excluding carboxylic acids is 2. The van der Waals surface area contributed by atoms with Crippen molar-refractivity contribution in [1.82, 2.24) is 5.32 Å². The fraction of sp³-hybridized carbons (Fsp3) is 0.556. The Morgan fingerprint density at radius 1 is 1.29 bits per heavy atom. The van der Waals surface area contributed by atoms with Crippen molar-refractivity contribution in [1.29, 1.82) is 0 Å². The van der Waals surface area contributed by atoms with Crippen LogP contribution in [0, 0.1) is 0 Å². The number of anilines is 1. The van der Waals surface area contributed by atoms with Gasteiger partial charge in [-0.2, -0.15) is 0 Å². The number of Topliss-reactive ketones (excluding diaryl/α,β-unsaturated/α-hetero) is 1. The third kappa shape index (κ3) is 8.76. The van der Waals surface area contributed by atoms with E-state index in [0.29, 0.717) is 43.3 Å². The zero-order chi connectivity index (χ0) is 17.9. The maximum absolute atomic E-state index is 11.9. The molecule has 1 unspecified atom stereocenters. The quantitative estimate of drug-likeness (QED) is 0.425. The van der Waals surface area contributed by atoms with Crippen LogP contribution in [0.15, 0.2) is 24.3 Å². The molecule has 1 aromatic rings. The van der Waals surface area contributed by atoms with E-state index in [-0.39, 0.29) is 18.3 Å². The van der Waals surface area contributed by atoms with Crippen LogP contribution in [0.3, 0.4) is 0 Å². The average Bonchev–Trinajstić information content (AvgIpc) is 2.52. The predicted molar refractivity (Wildman–Crippen MR) is 94.3 cm³/mol. The summed E-state index contributed by atoms with van der Waals surface area (Å²) in [6, 6.07) is 7.19. The number of aliphatic hydroxyl groups is 1. The van der Waals surface area contributed by atoms with E-state index in [2.05, 4.69) is 10.6 Å². The first kappa shape index (κ1) is 20.3. The second-order valence-corrected chi connectivity index (χ2v) is 6.08. The topological polar surface area (TPSA) is 87.7 Å². The number of nitrogens with one attached hydrogen (secondary N) is 2. The fourth-order valence-corrected chi connectivity index (χ4v) is 2.02. The zero-order valence-corrected chi connectivity index (χ0v) is 14.7. The molecular formula is C18H28N2O4. The Morgan fingerprint density at radius 2 is 2.04 bits per heavy atom. The third-order valence-electron chi connectivity index (χ3n) is 3.32. The molecule has 0 bridgehead atoms. The predicted octanol–water partition coefficient (Wildman–Crippen LogP) is 1.98. The summed E-state index contributed by atoms with van der Waals surface area (Å²) in [5.41, 5.74) is 1.18. The molecule has 24 heavy (non-hydrogen) atoms. The van der Waals surface area contributed by atoms with Gasteiger partial charge in [-0.3, -0.25) is 9.59 Å². The third-order valence-corrected chi connectivity index (χ3v) is 3.32. The van der Waals surface area contributed by atoms with Gasteiger partial charge in [-0.15, -0.1) is 0 Å². The molecule has 6 heteroatoms. The molecule has 3 N–H and O–H groups in total. The maximum atomic E-state index is 11.9. The summed E-state index contributed by atoms with van der Waals surface area (Å²) in [6.45, 7) is 6.67. The van der Waals surface area contributed by atoms with Crippen molar-refractivity contribution >= 4 is 17.4 Å². The van der Waals surface area contributed by atoms with E-state index in [0.717, 1.165) is 0 Å². The normalized spacial score (nSPS) is 12.2. The molecule has 0 aliphatic carbocycles. The number of carbonyl (C=O) groups is 2. The minimum Gasteiger partial charge on any atom is -0.389 e. The van der Waals surface area contributed by atoms with E-state index >= 15 is 0 Å². The Kier molecular flexibility index (Phi) is 9.22. The lowest BCUT2D eigenvalue weighted by molar-refractivity contribution is -0.116. The Balaban J connectivity index is 2.18. The highest BCUT2D eigenvalue weighted by Gasteiger charge is 2.07. The van der Waals surface area contributed by atoms with Gasteiger partial charge in [-0.05, 0) is 25.5 Å². The number of hydrogen-bond donors (Lipinski definition) is 3. The summed E-state index contributed by atoms with van der Waals surface area (Å²) in [4.78, 5) is 23.2. The van der Waals surface area contributed by atoms with Gasteiger partial charge >= 0.3 is 0 Å². The van der Waals surface area contributed by atoms with Crippen molar-refractivity contribution in [2.24, 2.45) is 0 Å². The number of ether oxygens (including phenoxy) is 1. The second kappa shape index (κ2) is 10.9. The summed E-state index contributed by atoms with van der Waals surface area (Å²) >= 11 is 0. The van der Waals surface area contributed by atoms with Crippen molar-refractivity contribution in [2.45, 2.75) is 45.8 Å². The first-order chi connectivity index (χ1) is 11.4. The smallest absolute Gasteiger partial charge is 0.224 e. The number of hydrogen-bond acceptors (Lipinski definition) is 5. The lowest BCUT2D eigenvalue weighted by Crippen LogP contribution is -2.34. The minimum absolute atomic E-state index is 0.0370. The minimum atomic E-state index is -0.546. The highest BCUT2D eigenvalue weighted by atomic mass is 16.5. The molecule has 1 rings (SSSR count). The summed E-state index contributed by atoms with van der Waals surface area (Å²) in [7, 11) is 0. The van der Waals surface area contributed by atoms with Gasteiger partial charge in [0, 0.05) is 36.9 Å². The largest absolute Gasteiger partial charge is 0.389 e. The van der Waals surface area contributed by atoms with E-state index in [4.69, 9.17) is 4.74 Å². The molecule has 134 valence electrons. The number of benzene rings is 1. The van der Waals surface area contributed by atoms with Gasteiger partial charge < -0.3 is 20.5 Å². The van der Waals surface area contributed by atoms with E-state index in [1.807, 2.05) is 13.8 Å². The van der Waals surface area contributed by atoms with Crippen LogP contribution in [0.4, 0.5) is 5.69 Å². The number of aliphatic hydroxyl groups excluding tert-OH is 1. The fourth-order valence-electron chi connectivity index (χ4n) is 2.02. The van der Waals surface area contributed by atoms with Crippen LogP contribution in [0.2, 0.25) is 0 Å². The van der Waals surface area contributed by atoms with E-state index in [1.165, 1.54) is 6.92 Å². The van der Waals surface area contributed by atoms with Crippen molar-refractivity contribution < 1.29 is 19.4 Å².